The van der Waals surface area contributed by atoms with Crippen LogP contribution in [0.25, 0.3) is 11.1 Å². The highest BCUT2D eigenvalue weighted by atomic mass is 14.3. The Labute approximate surface area is 234 Å². The maximum atomic E-state index is 2.39. The summed E-state index contributed by atoms with van der Waals surface area (Å²) < 4.78 is 0. The smallest absolute Gasteiger partial charge is 0.0184 e. The van der Waals surface area contributed by atoms with Gasteiger partial charge in [0.05, 0.1) is 0 Å². The topological polar surface area (TPSA) is 0 Å². The van der Waals surface area contributed by atoms with E-state index in [4.69, 9.17) is 0 Å². The average Bonchev–Trinajstić information content (AvgIpc) is 2.97. The SMILES string of the molecule is CCCCCc1ccc(-c2ccc(CCc3ccc(CCC4CCC(CCCCC)CC4)cc3)cc2)cc1. The minimum absolute atomic E-state index is 0.962. The molecule has 1 fully saturated rings. The van der Waals surface area contributed by atoms with Gasteiger partial charge in [0.1, 0.15) is 0 Å². The molecular weight excluding hydrogens is 456 g/mol. The van der Waals surface area contributed by atoms with Crippen molar-refractivity contribution in [2.24, 2.45) is 11.8 Å². The van der Waals surface area contributed by atoms with Crippen LogP contribution in [0.1, 0.15) is 113 Å². The molecule has 0 heterocycles. The van der Waals surface area contributed by atoms with E-state index >= 15 is 0 Å². The molecule has 3 aromatic carbocycles. The lowest BCUT2D eigenvalue weighted by Crippen LogP contribution is -2.15. The van der Waals surface area contributed by atoms with Crippen molar-refractivity contribution in [2.45, 2.75) is 117 Å². The van der Waals surface area contributed by atoms with Crippen LogP contribution in [0.15, 0.2) is 72.8 Å². The second-order valence-electron chi connectivity index (χ2n) is 12.1. The maximum absolute atomic E-state index is 2.39. The maximum Gasteiger partial charge on any atom is -0.0184 e. The fraction of sp³-hybridized carbons (Fsp3) is 0.526. The second kappa shape index (κ2) is 15.9. The van der Waals surface area contributed by atoms with Crippen LogP contribution in [0, 0.1) is 11.8 Å². The number of rotatable bonds is 15. The van der Waals surface area contributed by atoms with Gasteiger partial charge in [0, 0.05) is 0 Å². The molecule has 4 rings (SSSR count). The zero-order chi connectivity index (χ0) is 26.4. The monoisotopic (exact) mass is 508 g/mol. The standard InChI is InChI=1S/C38H52/c1-3-5-7-9-31-11-13-33(14-12-31)15-16-34-17-19-35(20-18-34)21-22-36-25-29-38(30-26-36)37-27-23-32(24-28-37)10-8-6-4-2/h17-20,23-31,33H,3-16,21-22H2,1-2H3. The van der Waals surface area contributed by atoms with Gasteiger partial charge in [-0.3, -0.25) is 0 Å². The highest BCUT2D eigenvalue weighted by molar-refractivity contribution is 5.64. The lowest BCUT2D eigenvalue weighted by Gasteiger charge is -2.28. The summed E-state index contributed by atoms with van der Waals surface area (Å²) in [5.41, 5.74) is 8.53. The third-order valence-corrected chi connectivity index (χ3v) is 9.06. The molecule has 0 unspecified atom stereocenters. The van der Waals surface area contributed by atoms with Crippen molar-refractivity contribution in [3.8, 4) is 11.1 Å². The zero-order valence-corrected chi connectivity index (χ0v) is 24.4. The molecule has 0 saturated heterocycles. The fourth-order valence-electron chi connectivity index (χ4n) is 6.33. The number of benzene rings is 3. The van der Waals surface area contributed by atoms with Gasteiger partial charge >= 0.3 is 0 Å². The summed E-state index contributed by atoms with van der Waals surface area (Å²) in [6.07, 6.45) is 21.6. The summed E-state index contributed by atoms with van der Waals surface area (Å²) in [7, 11) is 0. The van der Waals surface area contributed by atoms with E-state index in [1.165, 1.54) is 123 Å². The normalized spacial score (nSPS) is 17.5. The summed E-state index contributed by atoms with van der Waals surface area (Å²) in [6.45, 7) is 4.59. The van der Waals surface area contributed by atoms with Crippen molar-refractivity contribution in [1.82, 2.24) is 0 Å². The molecule has 38 heavy (non-hydrogen) atoms. The Morgan fingerprint density at radius 3 is 1.32 bits per heavy atom. The van der Waals surface area contributed by atoms with Crippen LogP contribution in [0.5, 0.6) is 0 Å². The summed E-state index contributed by atoms with van der Waals surface area (Å²) >= 11 is 0. The highest BCUT2D eigenvalue weighted by Crippen LogP contribution is 2.34. The van der Waals surface area contributed by atoms with E-state index in [-0.39, 0.29) is 0 Å². The first-order valence-corrected chi connectivity index (χ1v) is 16.0. The molecule has 0 heteroatoms. The molecule has 0 atom stereocenters. The molecular formula is C38H52. The van der Waals surface area contributed by atoms with E-state index in [9.17, 15) is 0 Å². The van der Waals surface area contributed by atoms with Gasteiger partial charge in [0.2, 0.25) is 0 Å². The molecule has 3 aromatic rings. The lowest BCUT2D eigenvalue weighted by atomic mass is 9.78. The third kappa shape index (κ3) is 9.44. The molecule has 0 nitrogen and oxygen atoms in total. The van der Waals surface area contributed by atoms with Gasteiger partial charge < -0.3 is 0 Å². The van der Waals surface area contributed by atoms with Crippen molar-refractivity contribution in [3.05, 3.63) is 95.1 Å². The van der Waals surface area contributed by atoms with E-state index < -0.39 is 0 Å². The van der Waals surface area contributed by atoms with Crippen LogP contribution in [0.2, 0.25) is 0 Å². The number of unbranched alkanes of at least 4 members (excludes halogenated alkanes) is 4. The molecule has 0 radical (unpaired) electrons. The fourth-order valence-corrected chi connectivity index (χ4v) is 6.33. The van der Waals surface area contributed by atoms with Crippen LogP contribution in [-0.2, 0) is 25.7 Å². The van der Waals surface area contributed by atoms with Crippen LogP contribution in [0.3, 0.4) is 0 Å². The molecule has 0 bridgehead atoms. The van der Waals surface area contributed by atoms with Crippen molar-refractivity contribution < 1.29 is 0 Å². The first-order chi connectivity index (χ1) is 18.7. The Bertz CT molecular complexity index is 1020. The third-order valence-electron chi connectivity index (χ3n) is 9.06. The molecule has 0 amide bonds. The predicted molar refractivity (Wildman–Crippen MR) is 167 cm³/mol. The van der Waals surface area contributed by atoms with Crippen molar-refractivity contribution in [2.75, 3.05) is 0 Å². The Hall–Kier alpha value is -2.34. The Morgan fingerprint density at radius 2 is 0.816 bits per heavy atom. The van der Waals surface area contributed by atoms with Gasteiger partial charge in [-0.2, -0.15) is 0 Å². The minimum Gasteiger partial charge on any atom is -0.0654 e. The average molecular weight is 509 g/mol. The van der Waals surface area contributed by atoms with Crippen LogP contribution < -0.4 is 0 Å². The van der Waals surface area contributed by atoms with E-state index in [2.05, 4.69) is 86.6 Å². The summed E-state index contributed by atoms with van der Waals surface area (Å²) in [5.74, 6) is 1.99. The van der Waals surface area contributed by atoms with Gasteiger partial charge in [0.15, 0.2) is 0 Å². The Kier molecular flexibility index (Phi) is 12.0. The second-order valence-corrected chi connectivity index (χ2v) is 12.1. The van der Waals surface area contributed by atoms with Crippen LogP contribution >= 0.6 is 0 Å². The largest absolute Gasteiger partial charge is 0.0654 e. The number of hydrogen-bond acceptors (Lipinski definition) is 0. The van der Waals surface area contributed by atoms with E-state index in [0.29, 0.717) is 0 Å². The lowest BCUT2D eigenvalue weighted by molar-refractivity contribution is 0.249. The van der Waals surface area contributed by atoms with Crippen molar-refractivity contribution in [3.63, 3.8) is 0 Å². The van der Waals surface area contributed by atoms with E-state index in [0.717, 1.165) is 24.7 Å². The molecule has 1 saturated carbocycles. The predicted octanol–water partition coefficient (Wildman–Crippen LogP) is 11.2. The molecule has 1 aliphatic rings. The van der Waals surface area contributed by atoms with Crippen LogP contribution in [-0.4, -0.2) is 0 Å². The minimum atomic E-state index is 0.962. The van der Waals surface area contributed by atoms with Gasteiger partial charge in [-0.15, -0.1) is 0 Å². The van der Waals surface area contributed by atoms with Gasteiger partial charge in [-0.25, -0.2) is 0 Å². The number of hydrogen-bond donors (Lipinski definition) is 0. The molecule has 0 spiro atoms. The highest BCUT2D eigenvalue weighted by Gasteiger charge is 2.20. The first kappa shape index (κ1) is 28.7. The molecule has 0 aliphatic heterocycles. The number of aryl methyl sites for hydroxylation is 4. The molecule has 0 aromatic heterocycles. The van der Waals surface area contributed by atoms with E-state index in [1.54, 1.807) is 0 Å². The summed E-state index contributed by atoms with van der Waals surface area (Å²) in [4.78, 5) is 0. The van der Waals surface area contributed by atoms with Gasteiger partial charge in [0.25, 0.3) is 0 Å². The zero-order valence-electron chi connectivity index (χ0n) is 24.4. The molecule has 1 aliphatic carbocycles. The summed E-state index contributed by atoms with van der Waals surface area (Å²) in [6, 6.07) is 27.9. The van der Waals surface area contributed by atoms with Gasteiger partial charge in [-0.1, -0.05) is 151 Å². The van der Waals surface area contributed by atoms with Crippen molar-refractivity contribution in [1.29, 1.82) is 0 Å². The van der Waals surface area contributed by atoms with Crippen LogP contribution in [0.4, 0.5) is 0 Å². The Morgan fingerprint density at radius 1 is 0.421 bits per heavy atom. The van der Waals surface area contributed by atoms with Gasteiger partial charge in [-0.05, 0) is 83.7 Å². The van der Waals surface area contributed by atoms with E-state index in [1.807, 2.05) is 0 Å². The summed E-state index contributed by atoms with van der Waals surface area (Å²) in [5, 5.41) is 0. The Balaban J connectivity index is 1.16. The molecule has 0 N–H and O–H groups in total. The first-order valence-electron chi connectivity index (χ1n) is 16.0. The van der Waals surface area contributed by atoms with Crippen molar-refractivity contribution >= 4 is 0 Å². The quantitative estimate of drug-likeness (QED) is 0.179. The molecule has 204 valence electrons.